The molecule has 6 bridgehead atoms. The molecule has 0 fully saturated rings. The molecule has 0 aliphatic carbocycles. The molecular formula is C27H27N5O. The van der Waals surface area contributed by atoms with E-state index in [-0.39, 0.29) is 5.91 Å². The van der Waals surface area contributed by atoms with Crippen molar-refractivity contribution in [3.05, 3.63) is 79.6 Å². The van der Waals surface area contributed by atoms with Gasteiger partial charge in [-0.2, -0.15) is 0 Å². The number of carbonyl (C=O) groups excluding carboxylic acids is 1. The highest BCUT2D eigenvalue weighted by molar-refractivity contribution is 6.01. The van der Waals surface area contributed by atoms with Crippen LogP contribution < -0.4 is 10.2 Å². The molecule has 5 rings (SSSR count). The zero-order valence-corrected chi connectivity index (χ0v) is 18.6. The molecule has 33 heavy (non-hydrogen) atoms. The minimum Gasteiger partial charge on any atom is -0.347 e. The Hall–Kier alpha value is -3.93. The third kappa shape index (κ3) is 4.37. The largest absolute Gasteiger partial charge is 0.347 e. The summed E-state index contributed by atoms with van der Waals surface area (Å²) in [5.74, 6) is 0.432. The Morgan fingerprint density at radius 2 is 1.85 bits per heavy atom. The van der Waals surface area contributed by atoms with E-state index in [1.54, 1.807) is 11.1 Å². The Labute approximate surface area is 193 Å². The van der Waals surface area contributed by atoms with Crippen molar-refractivity contribution >= 4 is 34.1 Å². The van der Waals surface area contributed by atoms with Crippen molar-refractivity contribution in [2.45, 2.75) is 32.2 Å². The number of anilines is 3. The van der Waals surface area contributed by atoms with Gasteiger partial charge in [0.15, 0.2) is 0 Å². The van der Waals surface area contributed by atoms with Crippen LogP contribution in [-0.2, 0) is 11.3 Å². The Balaban J connectivity index is 1.57. The Bertz CT molecular complexity index is 1310. The molecule has 2 aromatic carbocycles. The quantitative estimate of drug-likeness (QED) is 0.375. The van der Waals surface area contributed by atoms with Crippen LogP contribution in [0.4, 0.5) is 17.3 Å². The van der Waals surface area contributed by atoms with Crippen molar-refractivity contribution in [2.24, 2.45) is 0 Å². The molecule has 1 amide bonds. The van der Waals surface area contributed by atoms with E-state index in [1.807, 2.05) is 30.3 Å². The van der Waals surface area contributed by atoms with Crippen molar-refractivity contribution in [1.29, 1.82) is 0 Å². The second-order valence-corrected chi connectivity index (χ2v) is 8.30. The standard InChI is InChI=1S/C27H27N5O/c1-2-26(33)32-17-8-4-3-7-16-31-19-23(22-12-5-6-13-25(22)31)24-14-15-28-27(30-24)29-20-10-9-11-21(32)18-20/h2,5-6,9-15,18-19H,1,3-4,7-8,16-17H2,(H,28,29,30). The van der Waals surface area contributed by atoms with Gasteiger partial charge in [-0.25, -0.2) is 9.97 Å². The van der Waals surface area contributed by atoms with Crippen molar-refractivity contribution in [2.75, 3.05) is 16.8 Å². The van der Waals surface area contributed by atoms with Crippen LogP contribution in [0.5, 0.6) is 0 Å². The fourth-order valence-corrected chi connectivity index (χ4v) is 4.47. The number of nitrogens with zero attached hydrogens (tertiary/aromatic N) is 4. The number of para-hydroxylation sites is 1. The summed E-state index contributed by atoms with van der Waals surface area (Å²) in [6.45, 7) is 5.30. The number of carbonyl (C=O) groups is 1. The molecule has 4 aromatic rings. The summed E-state index contributed by atoms with van der Waals surface area (Å²) in [7, 11) is 0. The van der Waals surface area contributed by atoms with E-state index < -0.39 is 0 Å². The lowest BCUT2D eigenvalue weighted by atomic mass is 10.1. The average molecular weight is 438 g/mol. The molecule has 6 heteroatoms. The molecule has 0 radical (unpaired) electrons. The molecule has 0 spiro atoms. The Morgan fingerprint density at radius 1 is 1.00 bits per heavy atom. The van der Waals surface area contributed by atoms with Gasteiger partial charge in [0.25, 0.3) is 0 Å². The van der Waals surface area contributed by atoms with E-state index in [1.165, 1.54) is 17.0 Å². The molecule has 1 N–H and O–H groups in total. The Morgan fingerprint density at radius 3 is 2.73 bits per heavy atom. The number of hydrogen-bond acceptors (Lipinski definition) is 4. The lowest BCUT2D eigenvalue weighted by Gasteiger charge is -2.22. The molecule has 1 aliphatic heterocycles. The van der Waals surface area contributed by atoms with Gasteiger partial charge in [0.1, 0.15) is 0 Å². The molecule has 2 aromatic heterocycles. The van der Waals surface area contributed by atoms with E-state index in [0.29, 0.717) is 12.5 Å². The van der Waals surface area contributed by atoms with Crippen molar-refractivity contribution in [3.8, 4) is 11.3 Å². The van der Waals surface area contributed by atoms with Crippen molar-refractivity contribution in [1.82, 2.24) is 14.5 Å². The summed E-state index contributed by atoms with van der Waals surface area (Å²) in [5, 5.41) is 4.51. The van der Waals surface area contributed by atoms with Crippen LogP contribution in [0.3, 0.4) is 0 Å². The fraction of sp³-hybridized carbons (Fsp3) is 0.222. The first-order chi connectivity index (χ1) is 16.2. The lowest BCUT2D eigenvalue weighted by molar-refractivity contribution is -0.114. The van der Waals surface area contributed by atoms with Crippen LogP contribution >= 0.6 is 0 Å². The predicted octanol–water partition coefficient (Wildman–Crippen LogP) is 5.93. The number of nitrogens with one attached hydrogen (secondary N) is 1. The Kier molecular flexibility index (Phi) is 5.89. The van der Waals surface area contributed by atoms with Crippen molar-refractivity contribution < 1.29 is 4.79 Å². The average Bonchev–Trinajstić information content (AvgIpc) is 3.22. The first kappa shape index (κ1) is 20.9. The molecule has 0 unspecified atom stereocenters. The number of benzene rings is 2. The molecule has 166 valence electrons. The van der Waals surface area contributed by atoms with Crippen LogP contribution in [0.15, 0.2) is 79.6 Å². The van der Waals surface area contributed by atoms with Crippen LogP contribution in [0.1, 0.15) is 25.7 Å². The summed E-state index contributed by atoms with van der Waals surface area (Å²) in [5.41, 5.74) is 4.88. The molecular weight excluding hydrogens is 410 g/mol. The van der Waals surface area contributed by atoms with E-state index in [0.717, 1.165) is 54.9 Å². The number of rotatable bonds is 1. The molecule has 0 saturated heterocycles. The van der Waals surface area contributed by atoms with Crippen LogP contribution in [0.2, 0.25) is 0 Å². The van der Waals surface area contributed by atoms with E-state index >= 15 is 0 Å². The minimum atomic E-state index is -0.0886. The predicted molar refractivity (Wildman–Crippen MR) is 134 cm³/mol. The number of aromatic nitrogens is 3. The van der Waals surface area contributed by atoms with Gasteiger partial charge in [-0.1, -0.05) is 43.7 Å². The second kappa shape index (κ2) is 9.28. The monoisotopic (exact) mass is 437 g/mol. The highest BCUT2D eigenvalue weighted by atomic mass is 16.2. The SMILES string of the molecule is C=CC(=O)N1CCCCCCn2cc(c3ccccc32)-c2ccnc(n2)Nc2cccc1c2. The van der Waals surface area contributed by atoms with Crippen LogP contribution in [0.25, 0.3) is 22.2 Å². The number of fused-ring (bicyclic) bond motifs is 10. The molecule has 0 atom stereocenters. The van der Waals surface area contributed by atoms with E-state index in [9.17, 15) is 4.79 Å². The van der Waals surface area contributed by atoms with E-state index in [4.69, 9.17) is 4.98 Å². The molecule has 0 saturated carbocycles. The van der Waals surface area contributed by atoms with Crippen LogP contribution in [0, 0.1) is 0 Å². The smallest absolute Gasteiger partial charge is 0.250 e. The highest BCUT2D eigenvalue weighted by Gasteiger charge is 2.15. The minimum absolute atomic E-state index is 0.0886. The fourth-order valence-electron chi connectivity index (χ4n) is 4.47. The highest BCUT2D eigenvalue weighted by Crippen LogP contribution is 2.31. The first-order valence-electron chi connectivity index (χ1n) is 11.5. The van der Waals surface area contributed by atoms with Gasteiger partial charge < -0.3 is 14.8 Å². The van der Waals surface area contributed by atoms with Gasteiger partial charge in [0, 0.05) is 53.3 Å². The summed E-state index contributed by atoms with van der Waals surface area (Å²) < 4.78 is 2.33. The number of amides is 1. The van der Waals surface area contributed by atoms with Gasteiger partial charge >= 0.3 is 0 Å². The maximum atomic E-state index is 12.6. The summed E-state index contributed by atoms with van der Waals surface area (Å²) in [6.07, 6.45) is 9.57. The van der Waals surface area contributed by atoms with Gasteiger partial charge in [0.05, 0.1) is 5.69 Å². The first-order valence-corrected chi connectivity index (χ1v) is 11.5. The zero-order chi connectivity index (χ0) is 22.6. The van der Waals surface area contributed by atoms with Gasteiger partial charge in [0.2, 0.25) is 11.9 Å². The normalized spacial score (nSPS) is 14.4. The van der Waals surface area contributed by atoms with E-state index in [2.05, 4.69) is 51.9 Å². The molecule has 6 nitrogen and oxygen atoms in total. The third-order valence-electron chi connectivity index (χ3n) is 6.11. The third-order valence-corrected chi connectivity index (χ3v) is 6.11. The number of aryl methyl sites for hydroxylation is 1. The number of hydrogen-bond donors (Lipinski definition) is 1. The topological polar surface area (TPSA) is 63.1 Å². The van der Waals surface area contributed by atoms with Gasteiger partial charge in [-0.05, 0) is 49.2 Å². The van der Waals surface area contributed by atoms with Crippen LogP contribution in [-0.4, -0.2) is 27.0 Å². The molecule has 3 heterocycles. The van der Waals surface area contributed by atoms with Gasteiger partial charge in [-0.3, -0.25) is 4.79 Å². The summed E-state index contributed by atoms with van der Waals surface area (Å²) in [4.78, 5) is 23.6. The molecule has 1 aliphatic rings. The maximum Gasteiger partial charge on any atom is 0.250 e. The summed E-state index contributed by atoms with van der Waals surface area (Å²) in [6, 6.07) is 18.2. The van der Waals surface area contributed by atoms with Gasteiger partial charge in [-0.15, -0.1) is 0 Å². The zero-order valence-electron chi connectivity index (χ0n) is 18.6. The van der Waals surface area contributed by atoms with Crippen molar-refractivity contribution in [3.63, 3.8) is 0 Å². The lowest BCUT2D eigenvalue weighted by Crippen LogP contribution is -2.30. The second-order valence-electron chi connectivity index (χ2n) is 8.30. The maximum absolute atomic E-state index is 12.6. The summed E-state index contributed by atoms with van der Waals surface area (Å²) >= 11 is 0.